The summed E-state index contributed by atoms with van der Waals surface area (Å²) in [6.45, 7) is -0.304. The predicted octanol–water partition coefficient (Wildman–Crippen LogP) is 0.558. The van der Waals surface area contributed by atoms with Gasteiger partial charge >= 0.3 is 0 Å². The Kier molecular flexibility index (Phi) is 4.87. The largest absolute Gasteiger partial charge is 0.394 e. The number of hydrogen-bond acceptors (Lipinski definition) is 4. The predicted molar refractivity (Wildman–Crippen MR) is 86.8 cm³/mol. The van der Waals surface area contributed by atoms with Crippen LogP contribution in [0.25, 0.3) is 0 Å². The SMILES string of the molecule is OC[C@H]1OC(P(c2ccccc2)c2ccccc2)[C@H](O)[C@@H]1O. The van der Waals surface area contributed by atoms with Gasteiger partial charge in [-0.15, -0.1) is 0 Å². The Morgan fingerprint density at radius 3 is 1.73 bits per heavy atom. The minimum absolute atomic E-state index is 0.304. The molecule has 0 aliphatic carbocycles. The summed E-state index contributed by atoms with van der Waals surface area (Å²) in [5, 5.41) is 31.9. The van der Waals surface area contributed by atoms with Crippen molar-refractivity contribution in [3.8, 4) is 0 Å². The third-order valence-electron chi connectivity index (χ3n) is 3.84. The molecule has 1 fully saturated rings. The molecule has 2 aromatic carbocycles. The molecule has 3 N–H and O–H groups in total. The van der Waals surface area contributed by atoms with E-state index in [9.17, 15) is 15.3 Å². The first kappa shape index (κ1) is 15.6. The van der Waals surface area contributed by atoms with E-state index in [1.54, 1.807) is 0 Å². The number of aliphatic hydroxyl groups excluding tert-OH is 3. The van der Waals surface area contributed by atoms with Crippen LogP contribution in [0.2, 0.25) is 0 Å². The second-order valence-electron chi connectivity index (χ2n) is 5.27. The van der Waals surface area contributed by atoms with Crippen LogP contribution in [-0.2, 0) is 4.74 Å². The van der Waals surface area contributed by atoms with Crippen molar-refractivity contribution in [2.24, 2.45) is 0 Å². The fourth-order valence-corrected chi connectivity index (χ4v) is 5.35. The van der Waals surface area contributed by atoms with Crippen molar-refractivity contribution >= 4 is 18.5 Å². The molecule has 1 aliphatic heterocycles. The van der Waals surface area contributed by atoms with Crippen LogP contribution in [-0.4, -0.2) is 46.1 Å². The first-order valence-electron chi connectivity index (χ1n) is 7.24. The molecule has 0 spiro atoms. The first-order valence-corrected chi connectivity index (χ1v) is 8.65. The molecule has 1 saturated heterocycles. The lowest BCUT2D eigenvalue weighted by Gasteiger charge is -2.27. The highest BCUT2D eigenvalue weighted by atomic mass is 31.1. The summed E-state index contributed by atoms with van der Waals surface area (Å²) >= 11 is 0. The van der Waals surface area contributed by atoms with Crippen LogP contribution in [0, 0.1) is 0 Å². The van der Waals surface area contributed by atoms with Crippen molar-refractivity contribution in [3.05, 3.63) is 60.7 Å². The molecule has 2 aromatic rings. The van der Waals surface area contributed by atoms with Crippen LogP contribution in [0.5, 0.6) is 0 Å². The lowest BCUT2D eigenvalue weighted by atomic mass is 10.2. The Balaban J connectivity index is 2.00. The maximum Gasteiger partial charge on any atom is 0.114 e. The van der Waals surface area contributed by atoms with E-state index < -0.39 is 32.1 Å². The van der Waals surface area contributed by atoms with Crippen molar-refractivity contribution in [1.29, 1.82) is 0 Å². The lowest BCUT2D eigenvalue weighted by molar-refractivity contribution is -0.00840. The van der Waals surface area contributed by atoms with Crippen molar-refractivity contribution in [2.75, 3.05) is 6.61 Å². The molecule has 0 saturated carbocycles. The van der Waals surface area contributed by atoms with Gasteiger partial charge in [-0.05, 0) is 18.5 Å². The topological polar surface area (TPSA) is 69.9 Å². The van der Waals surface area contributed by atoms with E-state index in [4.69, 9.17) is 4.74 Å². The molecule has 5 heteroatoms. The van der Waals surface area contributed by atoms with E-state index in [1.807, 2.05) is 60.7 Å². The van der Waals surface area contributed by atoms with Crippen LogP contribution in [0.3, 0.4) is 0 Å². The molecule has 1 aliphatic rings. The summed E-state index contributed by atoms with van der Waals surface area (Å²) in [7, 11) is -0.994. The molecule has 4 atom stereocenters. The summed E-state index contributed by atoms with van der Waals surface area (Å²) in [6.07, 6.45) is -2.81. The summed E-state index contributed by atoms with van der Waals surface area (Å²) in [5.74, 6) is -0.535. The van der Waals surface area contributed by atoms with Gasteiger partial charge in [0, 0.05) is 0 Å². The molecular formula is C17H19O4P. The van der Waals surface area contributed by atoms with E-state index in [0.29, 0.717) is 0 Å². The van der Waals surface area contributed by atoms with E-state index in [-0.39, 0.29) is 6.61 Å². The normalized spacial score (nSPS) is 28.2. The summed E-state index contributed by atoms with van der Waals surface area (Å²) in [6, 6.07) is 19.7. The third kappa shape index (κ3) is 2.94. The Morgan fingerprint density at radius 1 is 0.818 bits per heavy atom. The van der Waals surface area contributed by atoms with E-state index >= 15 is 0 Å². The minimum Gasteiger partial charge on any atom is -0.394 e. The molecular weight excluding hydrogens is 299 g/mol. The van der Waals surface area contributed by atoms with Gasteiger partial charge in [0.05, 0.1) is 6.61 Å². The van der Waals surface area contributed by atoms with Crippen molar-refractivity contribution < 1.29 is 20.1 Å². The van der Waals surface area contributed by atoms with Gasteiger partial charge in [-0.25, -0.2) is 0 Å². The zero-order chi connectivity index (χ0) is 15.5. The molecule has 1 heterocycles. The second-order valence-corrected chi connectivity index (χ2v) is 7.55. The molecule has 22 heavy (non-hydrogen) atoms. The smallest absolute Gasteiger partial charge is 0.114 e. The standard InChI is InChI=1S/C17H19O4P/c18-11-14-15(19)16(20)17(21-14)22(12-7-3-1-4-8-12)13-9-5-2-6-10-13/h1-10,14-20H,11H2/t14-,15-,16-,17?/m1/s1. The highest BCUT2D eigenvalue weighted by Gasteiger charge is 2.46. The van der Waals surface area contributed by atoms with Gasteiger partial charge in [0.15, 0.2) is 0 Å². The summed E-state index contributed by atoms with van der Waals surface area (Å²) in [4.78, 5) is 0. The van der Waals surface area contributed by atoms with Crippen molar-refractivity contribution in [1.82, 2.24) is 0 Å². The molecule has 0 radical (unpaired) electrons. The highest BCUT2D eigenvalue weighted by molar-refractivity contribution is 7.73. The third-order valence-corrected chi connectivity index (χ3v) is 6.49. The Morgan fingerprint density at radius 2 is 1.32 bits per heavy atom. The number of rotatable bonds is 4. The monoisotopic (exact) mass is 318 g/mol. The fourth-order valence-electron chi connectivity index (χ4n) is 2.71. The summed E-state index contributed by atoms with van der Waals surface area (Å²) in [5.41, 5.74) is 0. The van der Waals surface area contributed by atoms with Gasteiger partial charge in [0.25, 0.3) is 0 Å². The highest BCUT2D eigenvalue weighted by Crippen LogP contribution is 2.46. The molecule has 0 bridgehead atoms. The van der Waals surface area contributed by atoms with Crippen LogP contribution in [0.1, 0.15) is 0 Å². The lowest BCUT2D eigenvalue weighted by Crippen LogP contribution is -2.35. The van der Waals surface area contributed by atoms with Crippen LogP contribution < -0.4 is 10.6 Å². The molecule has 0 amide bonds. The number of hydrogen-bond donors (Lipinski definition) is 3. The number of benzene rings is 2. The molecule has 0 aromatic heterocycles. The van der Waals surface area contributed by atoms with E-state index in [1.165, 1.54) is 0 Å². The quantitative estimate of drug-likeness (QED) is 0.721. The van der Waals surface area contributed by atoms with Gasteiger partial charge in [-0.2, -0.15) is 0 Å². The Labute approximate surface area is 130 Å². The molecule has 1 unspecified atom stereocenters. The van der Waals surface area contributed by atoms with Gasteiger partial charge in [-0.1, -0.05) is 60.7 Å². The van der Waals surface area contributed by atoms with Gasteiger partial charge in [-0.3, -0.25) is 0 Å². The van der Waals surface area contributed by atoms with Gasteiger partial charge in [0.2, 0.25) is 0 Å². The Hall–Kier alpha value is -1.29. The molecule has 116 valence electrons. The minimum atomic E-state index is -1.06. The van der Waals surface area contributed by atoms with Gasteiger partial charge in [0.1, 0.15) is 24.2 Å². The first-order chi connectivity index (χ1) is 10.7. The van der Waals surface area contributed by atoms with Gasteiger partial charge < -0.3 is 20.1 Å². The van der Waals surface area contributed by atoms with E-state index in [0.717, 1.165) is 10.6 Å². The van der Waals surface area contributed by atoms with Crippen LogP contribution in [0.4, 0.5) is 0 Å². The van der Waals surface area contributed by atoms with Crippen LogP contribution in [0.15, 0.2) is 60.7 Å². The number of aliphatic hydroxyl groups is 3. The Bertz CT molecular complexity index is 553. The zero-order valence-corrected chi connectivity index (χ0v) is 12.9. The summed E-state index contributed by atoms with van der Waals surface area (Å²) < 4.78 is 5.78. The van der Waals surface area contributed by atoms with Crippen molar-refractivity contribution in [2.45, 2.75) is 24.2 Å². The average molecular weight is 318 g/mol. The average Bonchev–Trinajstić information content (AvgIpc) is 2.85. The van der Waals surface area contributed by atoms with Crippen LogP contribution >= 0.6 is 7.92 Å². The zero-order valence-electron chi connectivity index (χ0n) is 12.0. The molecule has 3 rings (SSSR count). The molecule has 4 nitrogen and oxygen atoms in total. The van der Waals surface area contributed by atoms with Crippen molar-refractivity contribution in [3.63, 3.8) is 0 Å². The second kappa shape index (κ2) is 6.86. The fraction of sp³-hybridized carbons (Fsp3) is 0.294. The maximum atomic E-state index is 10.4. The maximum absolute atomic E-state index is 10.4. The number of ether oxygens (including phenoxy) is 1. The van der Waals surface area contributed by atoms with E-state index in [2.05, 4.69) is 0 Å².